The highest BCUT2D eigenvalue weighted by atomic mass is 32.2. The van der Waals surface area contributed by atoms with Gasteiger partial charge in [0.15, 0.2) is 0 Å². The van der Waals surface area contributed by atoms with Crippen LogP contribution in [-0.2, 0) is 21.2 Å². The molecule has 0 aliphatic rings. The number of nitrogens with one attached hydrogen (secondary N) is 1. The molecule has 0 saturated heterocycles. The molecular weight excluding hydrogens is 312 g/mol. The number of sulfonamides is 1. The summed E-state index contributed by atoms with van der Waals surface area (Å²) in [5.74, 6) is -0.123. The summed E-state index contributed by atoms with van der Waals surface area (Å²) in [6.45, 7) is 1.42. The molecule has 1 amide bonds. The topological polar surface area (TPSA) is 66.5 Å². The van der Waals surface area contributed by atoms with E-state index in [1.165, 1.54) is 18.3 Å². The van der Waals surface area contributed by atoms with Crippen molar-refractivity contribution in [2.45, 2.75) is 13.3 Å². The number of aryl methyl sites for hydroxylation is 1. The normalized spacial score (nSPS) is 11.0. The fourth-order valence-corrected chi connectivity index (χ4v) is 3.36. The molecule has 1 N–H and O–H groups in total. The summed E-state index contributed by atoms with van der Waals surface area (Å²) >= 11 is 0. The van der Waals surface area contributed by atoms with Crippen LogP contribution in [0.15, 0.2) is 54.6 Å². The Morgan fingerprint density at radius 2 is 1.65 bits per heavy atom. The van der Waals surface area contributed by atoms with E-state index in [-0.39, 0.29) is 11.7 Å². The highest BCUT2D eigenvalue weighted by molar-refractivity contribution is 7.92. The predicted molar refractivity (Wildman–Crippen MR) is 93.1 cm³/mol. The zero-order valence-electron chi connectivity index (χ0n) is 13.2. The van der Waals surface area contributed by atoms with Crippen molar-refractivity contribution in [3.05, 3.63) is 60.2 Å². The van der Waals surface area contributed by atoms with Crippen LogP contribution in [0.4, 0.5) is 11.4 Å². The summed E-state index contributed by atoms with van der Waals surface area (Å²) in [6.07, 6.45) is 0.470. The molecule has 0 fully saturated rings. The molecule has 0 aliphatic carbocycles. The van der Waals surface area contributed by atoms with Crippen molar-refractivity contribution in [3.63, 3.8) is 0 Å². The molecule has 2 aromatic rings. The number of rotatable bonds is 6. The van der Waals surface area contributed by atoms with Gasteiger partial charge in [0.1, 0.15) is 0 Å². The number of hydrogen-bond donors (Lipinski definition) is 1. The van der Waals surface area contributed by atoms with Crippen molar-refractivity contribution in [1.29, 1.82) is 0 Å². The summed E-state index contributed by atoms with van der Waals surface area (Å²) < 4.78 is 26.1. The fourth-order valence-electron chi connectivity index (χ4n) is 2.15. The van der Waals surface area contributed by atoms with Crippen molar-refractivity contribution in [3.8, 4) is 0 Å². The lowest BCUT2D eigenvalue weighted by Gasteiger charge is -2.19. The van der Waals surface area contributed by atoms with Gasteiger partial charge in [0.05, 0.1) is 11.4 Å². The Morgan fingerprint density at radius 1 is 1.04 bits per heavy atom. The second kappa shape index (κ2) is 7.28. The van der Waals surface area contributed by atoms with Crippen LogP contribution in [-0.4, -0.2) is 27.1 Å². The molecule has 122 valence electrons. The van der Waals surface area contributed by atoms with Gasteiger partial charge < -0.3 is 5.32 Å². The summed E-state index contributed by atoms with van der Waals surface area (Å²) in [4.78, 5) is 11.0. The van der Waals surface area contributed by atoms with Gasteiger partial charge in [-0.15, -0.1) is 0 Å². The monoisotopic (exact) mass is 332 g/mol. The summed E-state index contributed by atoms with van der Waals surface area (Å²) in [5, 5.41) is 2.65. The average Bonchev–Trinajstić information content (AvgIpc) is 2.53. The van der Waals surface area contributed by atoms with E-state index < -0.39 is 10.0 Å². The Balaban J connectivity index is 2.05. The minimum Gasteiger partial charge on any atom is -0.326 e. The molecule has 0 spiro atoms. The highest BCUT2D eigenvalue weighted by Gasteiger charge is 2.18. The maximum atomic E-state index is 12.4. The molecule has 0 aromatic heterocycles. The first kappa shape index (κ1) is 17.0. The molecule has 0 atom stereocenters. The quantitative estimate of drug-likeness (QED) is 0.884. The lowest BCUT2D eigenvalue weighted by atomic mass is 10.2. The number of carbonyl (C=O) groups excluding carboxylic acids is 1. The molecule has 6 heteroatoms. The van der Waals surface area contributed by atoms with Gasteiger partial charge in [-0.2, -0.15) is 0 Å². The van der Waals surface area contributed by atoms with Crippen LogP contribution in [0.5, 0.6) is 0 Å². The van der Waals surface area contributed by atoms with E-state index in [0.29, 0.717) is 17.8 Å². The maximum absolute atomic E-state index is 12.4. The molecule has 0 radical (unpaired) electrons. The van der Waals surface area contributed by atoms with Gasteiger partial charge in [-0.05, 0) is 36.2 Å². The molecule has 23 heavy (non-hydrogen) atoms. The Hall–Kier alpha value is -2.34. The highest BCUT2D eigenvalue weighted by Crippen LogP contribution is 2.20. The number of hydrogen-bond acceptors (Lipinski definition) is 3. The van der Waals surface area contributed by atoms with Crippen molar-refractivity contribution in [2.75, 3.05) is 22.4 Å². The summed E-state index contributed by atoms with van der Waals surface area (Å²) in [7, 11) is -1.87. The minimum absolute atomic E-state index is 0.0426. The molecule has 0 saturated carbocycles. The van der Waals surface area contributed by atoms with E-state index in [4.69, 9.17) is 0 Å². The third-order valence-corrected chi connectivity index (χ3v) is 5.23. The van der Waals surface area contributed by atoms with Crippen LogP contribution in [0.25, 0.3) is 0 Å². The van der Waals surface area contributed by atoms with Gasteiger partial charge in [-0.3, -0.25) is 9.10 Å². The molecule has 0 aliphatic heterocycles. The van der Waals surface area contributed by atoms with E-state index in [0.717, 1.165) is 5.56 Å². The SMILES string of the molecule is CC(=O)Nc1ccc(N(C)S(=O)(=O)CCc2ccccc2)cc1. The molecule has 0 heterocycles. The van der Waals surface area contributed by atoms with Crippen molar-refractivity contribution < 1.29 is 13.2 Å². The molecular formula is C17H20N2O3S. The molecule has 0 bridgehead atoms. The van der Waals surface area contributed by atoms with Crippen LogP contribution in [0.3, 0.4) is 0 Å². The molecule has 2 aromatic carbocycles. The first-order chi connectivity index (χ1) is 10.9. The Morgan fingerprint density at radius 3 is 2.22 bits per heavy atom. The predicted octanol–water partition coefficient (Wildman–Crippen LogP) is 2.65. The summed E-state index contributed by atoms with van der Waals surface area (Å²) in [5.41, 5.74) is 2.19. The third-order valence-electron chi connectivity index (χ3n) is 3.46. The number of nitrogens with zero attached hydrogens (tertiary/aromatic N) is 1. The second-order valence-corrected chi connectivity index (χ2v) is 7.37. The average molecular weight is 332 g/mol. The number of benzene rings is 2. The Kier molecular flexibility index (Phi) is 5.39. The van der Waals surface area contributed by atoms with Crippen LogP contribution < -0.4 is 9.62 Å². The van der Waals surface area contributed by atoms with Crippen molar-refractivity contribution in [2.24, 2.45) is 0 Å². The Labute approximate surface area is 137 Å². The van der Waals surface area contributed by atoms with E-state index in [1.54, 1.807) is 24.3 Å². The lowest BCUT2D eigenvalue weighted by Crippen LogP contribution is -2.29. The Bertz CT molecular complexity index is 756. The van der Waals surface area contributed by atoms with Gasteiger partial charge >= 0.3 is 0 Å². The van der Waals surface area contributed by atoms with E-state index in [2.05, 4.69) is 5.32 Å². The summed E-state index contributed by atoms with van der Waals surface area (Å²) in [6, 6.07) is 16.2. The zero-order chi connectivity index (χ0) is 16.9. The second-order valence-electron chi connectivity index (χ2n) is 5.25. The van der Waals surface area contributed by atoms with Crippen LogP contribution in [0.2, 0.25) is 0 Å². The smallest absolute Gasteiger partial charge is 0.235 e. The van der Waals surface area contributed by atoms with Gasteiger partial charge in [0.2, 0.25) is 15.9 Å². The largest absolute Gasteiger partial charge is 0.326 e. The number of anilines is 2. The standard InChI is InChI=1S/C17H20N2O3S/c1-14(20)18-16-8-10-17(11-9-16)19(2)23(21,22)13-12-15-6-4-3-5-7-15/h3-11H,12-13H2,1-2H3,(H,18,20). The number of carbonyl (C=O) groups is 1. The van der Waals surface area contributed by atoms with Gasteiger partial charge in [0.25, 0.3) is 0 Å². The minimum atomic E-state index is -3.40. The van der Waals surface area contributed by atoms with Crippen molar-refractivity contribution >= 4 is 27.3 Å². The number of amides is 1. The third kappa shape index (κ3) is 4.82. The van der Waals surface area contributed by atoms with Crippen LogP contribution >= 0.6 is 0 Å². The van der Waals surface area contributed by atoms with Gasteiger partial charge in [-0.25, -0.2) is 8.42 Å². The fraction of sp³-hybridized carbons (Fsp3) is 0.235. The van der Waals surface area contributed by atoms with Crippen LogP contribution in [0, 0.1) is 0 Å². The lowest BCUT2D eigenvalue weighted by molar-refractivity contribution is -0.114. The van der Waals surface area contributed by atoms with Crippen LogP contribution in [0.1, 0.15) is 12.5 Å². The van der Waals surface area contributed by atoms with E-state index in [1.807, 2.05) is 30.3 Å². The molecule has 0 unspecified atom stereocenters. The maximum Gasteiger partial charge on any atom is 0.235 e. The zero-order valence-corrected chi connectivity index (χ0v) is 14.0. The first-order valence-corrected chi connectivity index (χ1v) is 8.87. The van der Waals surface area contributed by atoms with E-state index in [9.17, 15) is 13.2 Å². The van der Waals surface area contributed by atoms with Gasteiger partial charge in [0, 0.05) is 19.7 Å². The first-order valence-electron chi connectivity index (χ1n) is 7.27. The van der Waals surface area contributed by atoms with Crippen molar-refractivity contribution in [1.82, 2.24) is 0 Å². The molecule has 5 nitrogen and oxygen atoms in total. The molecule has 2 rings (SSSR count). The van der Waals surface area contributed by atoms with E-state index >= 15 is 0 Å². The van der Waals surface area contributed by atoms with Gasteiger partial charge in [-0.1, -0.05) is 30.3 Å².